The van der Waals surface area contributed by atoms with Gasteiger partial charge in [-0.15, -0.1) is 11.6 Å². The maximum absolute atomic E-state index is 13.3. The van der Waals surface area contributed by atoms with Gasteiger partial charge in [-0.1, -0.05) is 42.5 Å². The zero-order valence-corrected chi connectivity index (χ0v) is 20.0. The smallest absolute Gasteiger partial charge is 0.229 e. The third-order valence-electron chi connectivity index (χ3n) is 5.73. The van der Waals surface area contributed by atoms with Gasteiger partial charge in [0.15, 0.2) is 0 Å². The minimum absolute atomic E-state index is 0.0880. The molecule has 1 fully saturated rings. The van der Waals surface area contributed by atoms with E-state index >= 15 is 0 Å². The third-order valence-corrected chi connectivity index (χ3v) is 6.39. The van der Waals surface area contributed by atoms with Crippen molar-refractivity contribution in [1.82, 2.24) is 9.80 Å². The van der Waals surface area contributed by atoms with Crippen LogP contribution < -0.4 is 4.74 Å². The lowest BCUT2D eigenvalue weighted by molar-refractivity contribution is -0.140. The van der Waals surface area contributed by atoms with Gasteiger partial charge in [-0.25, -0.2) is 0 Å². The Kier molecular flexibility index (Phi) is 9.39. The normalized spacial score (nSPS) is 14.8. The van der Waals surface area contributed by atoms with Gasteiger partial charge < -0.3 is 14.4 Å². The summed E-state index contributed by atoms with van der Waals surface area (Å²) in [5, 5.41) is 0. The van der Waals surface area contributed by atoms with E-state index in [1.807, 2.05) is 73.3 Å². The second-order valence-corrected chi connectivity index (χ2v) is 9.24. The summed E-state index contributed by atoms with van der Waals surface area (Å²) in [7, 11) is 0. The van der Waals surface area contributed by atoms with E-state index < -0.39 is 5.41 Å². The molecule has 0 unspecified atom stereocenters. The van der Waals surface area contributed by atoms with Gasteiger partial charge in [-0.05, 0) is 43.5 Å². The number of carbonyl (C=O) groups excluding carboxylic acids is 1. The molecule has 1 aliphatic rings. The van der Waals surface area contributed by atoms with E-state index in [1.54, 1.807) is 0 Å². The van der Waals surface area contributed by atoms with E-state index in [2.05, 4.69) is 4.90 Å². The quantitative estimate of drug-likeness (QED) is 0.462. The van der Waals surface area contributed by atoms with E-state index in [1.165, 1.54) is 0 Å². The van der Waals surface area contributed by atoms with Gasteiger partial charge in [0.1, 0.15) is 12.4 Å². The summed E-state index contributed by atoms with van der Waals surface area (Å²) in [4.78, 5) is 17.6. The maximum atomic E-state index is 13.3. The molecule has 5 nitrogen and oxygen atoms in total. The number of hydrogen-bond acceptors (Lipinski definition) is 4. The van der Waals surface area contributed by atoms with Crippen molar-refractivity contribution in [1.29, 1.82) is 0 Å². The summed E-state index contributed by atoms with van der Waals surface area (Å²) in [5.74, 6) is 1.19. The first-order chi connectivity index (χ1) is 15.5. The Hall–Kier alpha value is -2.08. The SMILES string of the molecule is CC(C)(CCl)C(=O)N(CCCN1CCOCC1)Cc1cccc(OCc2ccccc2)c1. The minimum atomic E-state index is -0.595. The van der Waals surface area contributed by atoms with Crippen molar-refractivity contribution in [2.24, 2.45) is 5.41 Å². The van der Waals surface area contributed by atoms with Crippen LogP contribution in [0.3, 0.4) is 0 Å². The fraction of sp³-hybridized carbons (Fsp3) is 0.500. The van der Waals surface area contributed by atoms with Crippen LogP contribution in [0, 0.1) is 5.41 Å². The number of halogens is 1. The molecular weight excluding hydrogens is 424 g/mol. The van der Waals surface area contributed by atoms with Crippen molar-refractivity contribution >= 4 is 17.5 Å². The molecule has 32 heavy (non-hydrogen) atoms. The van der Waals surface area contributed by atoms with Gasteiger partial charge in [0.2, 0.25) is 5.91 Å². The molecule has 2 aromatic carbocycles. The highest BCUT2D eigenvalue weighted by Gasteiger charge is 2.31. The maximum Gasteiger partial charge on any atom is 0.229 e. The Morgan fingerprint density at radius 1 is 1.09 bits per heavy atom. The molecule has 0 radical (unpaired) electrons. The van der Waals surface area contributed by atoms with Crippen molar-refractivity contribution < 1.29 is 14.3 Å². The molecular formula is C26H35ClN2O3. The molecule has 0 N–H and O–H groups in total. The number of amides is 1. The lowest BCUT2D eigenvalue weighted by atomic mass is 9.94. The number of alkyl halides is 1. The summed E-state index contributed by atoms with van der Waals surface area (Å²) in [5.41, 5.74) is 1.59. The van der Waals surface area contributed by atoms with Crippen molar-refractivity contribution in [2.75, 3.05) is 45.3 Å². The second kappa shape index (κ2) is 12.2. The number of nitrogens with zero attached hydrogens (tertiary/aromatic N) is 2. The Labute approximate surface area is 197 Å². The van der Waals surface area contributed by atoms with Crippen LogP contribution in [0.15, 0.2) is 54.6 Å². The van der Waals surface area contributed by atoms with E-state index in [-0.39, 0.29) is 5.91 Å². The van der Waals surface area contributed by atoms with Crippen LogP contribution in [0.4, 0.5) is 0 Å². The van der Waals surface area contributed by atoms with Crippen LogP contribution in [0.5, 0.6) is 5.75 Å². The van der Waals surface area contributed by atoms with Crippen LogP contribution in [-0.4, -0.2) is 61.0 Å². The summed E-state index contributed by atoms with van der Waals surface area (Å²) in [6, 6.07) is 18.1. The first kappa shape index (κ1) is 24.6. The van der Waals surface area contributed by atoms with Crippen LogP contribution >= 0.6 is 11.6 Å². The van der Waals surface area contributed by atoms with Crippen LogP contribution in [0.25, 0.3) is 0 Å². The van der Waals surface area contributed by atoms with Crippen LogP contribution in [0.1, 0.15) is 31.4 Å². The molecule has 0 saturated carbocycles. The van der Waals surface area contributed by atoms with Gasteiger partial charge in [-0.3, -0.25) is 9.69 Å². The summed E-state index contributed by atoms with van der Waals surface area (Å²) >= 11 is 6.13. The zero-order valence-electron chi connectivity index (χ0n) is 19.3. The second-order valence-electron chi connectivity index (χ2n) is 8.97. The number of hydrogen-bond donors (Lipinski definition) is 0. The van der Waals surface area contributed by atoms with Gasteiger partial charge in [0.05, 0.1) is 18.6 Å². The van der Waals surface area contributed by atoms with Gasteiger partial charge in [0, 0.05) is 38.6 Å². The molecule has 2 aromatic rings. The van der Waals surface area contributed by atoms with Crippen molar-refractivity contribution in [3.8, 4) is 5.75 Å². The van der Waals surface area contributed by atoms with Gasteiger partial charge in [-0.2, -0.15) is 0 Å². The molecule has 0 aromatic heterocycles. The lowest BCUT2D eigenvalue weighted by Gasteiger charge is -2.32. The predicted octanol–water partition coefficient (Wildman–Crippen LogP) is 4.58. The largest absolute Gasteiger partial charge is 0.489 e. The third kappa shape index (κ3) is 7.51. The van der Waals surface area contributed by atoms with Crippen molar-refractivity contribution in [3.63, 3.8) is 0 Å². The average molecular weight is 459 g/mol. The molecule has 1 amide bonds. The van der Waals surface area contributed by atoms with Crippen LogP contribution in [-0.2, 0) is 22.7 Å². The molecule has 6 heteroatoms. The van der Waals surface area contributed by atoms with E-state index in [0.717, 1.165) is 56.1 Å². The van der Waals surface area contributed by atoms with Gasteiger partial charge >= 0.3 is 0 Å². The zero-order chi connectivity index (χ0) is 22.8. The molecule has 1 aliphatic heterocycles. The highest BCUT2D eigenvalue weighted by molar-refractivity contribution is 6.19. The van der Waals surface area contributed by atoms with Crippen LogP contribution in [0.2, 0.25) is 0 Å². The topological polar surface area (TPSA) is 42.0 Å². The monoisotopic (exact) mass is 458 g/mol. The van der Waals surface area contributed by atoms with E-state index in [9.17, 15) is 4.79 Å². The van der Waals surface area contributed by atoms with Crippen molar-refractivity contribution in [3.05, 3.63) is 65.7 Å². The molecule has 1 saturated heterocycles. The van der Waals surface area contributed by atoms with E-state index in [4.69, 9.17) is 21.1 Å². The number of ether oxygens (including phenoxy) is 2. The first-order valence-electron chi connectivity index (χ1n) is 11.4. The van der Waals surface area contributed by atoms with E-state index in [0.29, 0.717) is 25.6 Å². The molecule has 0 aliphatic carbocycles. The Bertz CT molecular complexity index is 838. The summed E-state index contributed by atoms with van der Waals surface area (Å²) in [6.07, 6.45) is 0.925. The molecule has 0 bridgehead atoms. The number of morpholine rings is 1. The molecule has 0 spiro atoms. The Morgan fingerprint density at radius 2 is 1.81 bits per heavy atom. The fourth-order valence-electron chi connectivity index (χ4n) is 3.74. The Balaban J connectivity index is 1.62. The fourth-order valence-corrected chi connectivity index (χ4v) is 3.86. The molecule has 1 heterocycles. The highest BCUT2D eigenvalue weighted by atomic mass is 35.5. The number of rotatable bonds is 11. The molecule has 3 rings (SSSR count). The summed E-state index contributed by atoms with van der Waals surface area (Å²) < 4.78 is 11.4. The number of benzene rings is 2. The molecule has 174 valence electrons. The summed E-state index contributed by atoms with van der Waals surface area (Å²) in [6.45, 7) is 10.1. The standard InChI is InChI=1S/C26H35ClN2O3/c1-26(2,21-27)25(30)29(13-7-12-28-14-16-31-17-15-28)19-23-10-6-11-24(18-23)32-20-22-8-4-3-5-9-22/h3-6,8-11,18H,7,12-17,19-21H2,1-2H3. The molecule has 0 atom stereocenters. The predicted molar refractivity (Wildman–Crippen MR) is 129 cm³/mol. The average Bonchev–Trinajstić information content (AvgIpc) is 2.83. The Morgan fingerprint density at radius 3 is 2.53 bits per heavy atom. The minimum Gasteiger partial charge on any atom is -0.489 e. The van der Waals surface area contributed by atoms with Crippen molar-refractivity contribution in [2.45, 2.75) is 33.4 Å². The highest BCUT2D eigenvalue weighted by Crippen LogP contribution is 2.24. The van der Waals surface area contributed by atoms with Gasteiger partial charge in [0.25, 0.3) is 0 Å². The lowest BCUT2D eigenvalue weighted by Crippen LogP contribution is -2.43. The first-order valence-corrected chi connectivity index (χ1v) is 11.9. The number of carbonyl (C=O) groups is 1.